The molecule has 1 aromatic carbocycles. The number of hydrogen-bond acceptors (Lipinski definition) is 3. The van der Waals surface area contributed by atoms with Crippen molar-refractivity contribution in [2.75, 3.05) is 7.11 Å². The predicted octanol–water partition coefficient (Wildman–Crippen LogP) is 1.89. The molecule has 82 valence electrons. The fraction of sp³-hybridized carbons (Fsp3) is 0.0909. The zero-order valence-electron chi connectivity index (χ0n) is 8.55. The van der Waals surface area contributed by atoms with Gasteiger partial charge in [0, 0.05) is 17.4 Å². The zero-order chi connectivity index (χ0) is 11.5. The van der Waals surface area contributed by atoms with Crippen molar-refractivity contribution in [2.24, 2.45) is 0 Å². The third-order valence-electron chi connectivity index (χ3n) is 2.09. The molecule has 0 spiro atoms. The van der Waals surface area contributed by atoms with E-state index in [-0.39, 0.29) is 11.4 Å². The summed E-state index contributed by atoms with van der Waals surface area (Å²) in [6, 6.07) is 7.00. The number of ether oxygens (including phenoxy) is 1. The number of nitrogens with zero attached hydrogens (tertiary/aromatic N) is 2. The van der Waals surface area contributed by atoms with Crippen LogP contribution in [0.15, 0.2) is 41.5 Å². The maximum absolute atomic E-state index is 11.8. The molecule has 0 fully saturated rings. The fourth-order valence-electron chi connectivity index (χ4n) is 1.36. The first kappa shape index (κ1) is 10.7. The Morgan fingerprint density at radius 1 is 1.44 bits per heavy atom. The summed E-state index contributed by atoms with van der Waals surface area (Å²) in [6.45, 7) is 0. The topological polar surface area (TPSA) is 44.1 Å². The van der Waals surface area contributed by atoms with E-state index in [1.165, 1.54) is 17.9 Å². The van der Waals surface area contributed by atoms with Crippen LogP contribution >= 0.6 is 11.6 Å². The second-order valence-corrected chi connectivity index (χ2v) is 3.53. The van der Waals surface area contributed by atoms with Gasteiger partial charge in [-0.25, -0.2) is 4.98 Å². The maximum atomic E-state index is 11.8. The Morgan fingerprint density at radius 3 is 2.94 bits per heavy atom. The smallest absolute Gasteiger partial charge is 0.317 e. The minimum Gasteiger partial charge on any atom is -0.477 e. The van der Waals surface area contributed by atoms with Crippen LogP contribution in [0.5, 0.6) is 5.88 Å². The predicted molar refractivity (Wildman–Crippen MR) is 61.4 cm³/mol. The first-order chi connectivity index (χ1) is 7.72. The highest BCUT2D eigenvalue weighted by atomic mass is 35.5. The molecule has 0 saturated carbocycles. The van der Waals surface area contributed by atoms with E-state index in [9.17, 15) is 4.79 Å². The van der Waals surface area contributed by atoms with Gasteiger partial charge in [0.25, 0.3) is 5.88 Å². The summed E-state index contributed by atoms with van der Waals surface area (Å²) in [6.07, 6.45) is 3.07. The summed E-state index contributed by atoms with van der Waals surface area (Å²) in [7, 11) is 1.41. The first-order valence-corrected chi connectivity index (χ1v) is 4.98. The number of methoxy groups -OCH3 is 1. The average Bonchev–Trinajstić information content (AvgIpc) is 2.29. The van der Waals surface area contributed by atoms with Crippen LogP contribution in [0.2, 0.25) is 5.02 Å². The highest BCUT2D eigenvalue weighted by molar-refractivity contribution is 6.30. The van der Waals surface area contributed by atoms with Crippen LogP contribution in [-0.4, -0.2) is 16.7 Å². The van der Waals surface area contributed by atoms with Gasteiger partial charge in [0.2, 0.25) is 0 Å². The van der Waals surface area contributed by atoms with Crippen LogP contribution in [0.25, 0.3) is 5.69 Å². The van der Waals surface area contributed by atoms with Crippen molar-refractivity contribution in [2.45, 2.75) is 0 Å². The molecule has 0 saturated heterocycles. The molecule has 0 bridgehead atoms. The molecule has 2 aromatic rings. The summed E-state index contributed by atoms with van der Waals surface area (Å²) in [5, 5.41) is 0.570. The lowest BCUT2D eigenvalue weighted by Gasteiger charge is -2.06. The Kier molecular flexibility index (Phi) is 2.92. The van der Waals surface area contributed by atoms with E-state index in [2.05, 4.69) is 4.98 Å². The molecule has 1 heterocycles. The van der Waals surface area contributed by atoms with Gasteiger partial charge in [0.1, 0.15) is 0 Å². The quantitative estimate of drug-likeness (QED) is 0.800. The van der Waals surface area contributed by atoms with E-state index in [1.807, 2.05) is 0 Å². The van der Waals surface area contributed by atoms with Gasteiger partial charge in [-0.15, -0.1) is 0 Å². The molecule has 0 N–H and O–H groups in total. The molecular weight excluding hydrogens is 228 g/mol. The van der Waals surface area contributed by atoms with Crippen LogP contribution < -0.4 is 10.3 Å². The molecule has 0 amide bonds. The van der Waals surface area contributed by atoms with E-state index < -0.39 is 0 Å². The average molecular weight is 237 g/mol. The van der Waals surface area contributed by atoms with Gasteiger partial charge in [-0.1, -0.05) is 17.7 Å². The number of hydrogen-bond donors (Lipinski definition) is 0. The van der Waals surface area contributed by atoms with Crippen LogP contribution in [0, 0.1) is 0 Å². The third kappa shape index (κ3) is 1.92. The number of rotatable bonds is 2. The monoisotopic (exact) mass is 236 g/mol. The Morgan fingerprint density at radius 2 is 2.25 bits per heavy atom. The van der Waals surface area contributed by atoms with E-state index in [1.54, 1.807) is 30.5 Å². The largest absolute Gasteiger partial charge is 0.477 e. The molecule has 2 rings (SSSR count). The summed E-state index contributed by atoms with van der Waals surface area (Å²) < 4.78 is 6.29. The summed E-state index contributed by atoms with van der Waals surface area (Å²) >= 11 is 5.86. The van der Waals surface area contributed by atoms with Crippen LogP contribution in [0.1, 0.15) is 0 Å². The lowest BCUT2D eigenvalue weighted by molar-refractivity contribution is 0.388. The molecule has 4 nitrogen and oxygen atoms in total. The molecule has 0 atom stereocenters. The standard InChI is InChI=1S/C11H9ClN2O2/c1-16-10-11(15)14(6-5-13-10)9-4-2-3-8(12)7-9/h2-7H,1H3. The lowest BCUT2D eigenvalue weighted by Crippen LogP contribution is -2.20. The van der Waals surface area contributed by atoms with Crippen molar-refractivity contribution >= 4 is 11.6 Å². The van der Waals surface area contributed by atoms with Crippen LogP contribution in [0.4, 0.5) is 0 Å². The van der Waals surface area contributed by atoms with Gasteiger partial charge in [0.15, 0.2) is 0 Å². The molecule has 5 heteroatoms. The third-order valence-corrected chi connectivity index (χ3v) is 2.32. The summed E-state index contributed by atoms with van der Waals surface area (Å²) in [5.41, 5.74) is 0.366. The minimum absolute atomic E-state index is 0.0578. The lowest BCUT2D eigenvalue weighted by atomic mass is 10.3. The Labute approximate surface area is 97.1 Å². The van der Waals surface area contributed by atoms with Gasteiger partial charge in [-0.05, 0) is 18.2 Å². The summed E-state index contributed by atoms with van der Waals surface area (Å²) in [4.78, 5) is 15.7. The second-order valence-electron chi connectivity index (χ2n) is 3.09. The Bertz CT molecular complexity index is 566. The number of aromatic nitrogens is 2. The van der Waals surface area contributed by atoms with Crippen molar-refractivity contribution in [3.8, 4) is 11.6 Å². The van der Waals surface area contributed by atoms with E-state index in [4.69, 9.17) is 16.3 Å². The van der Waals surface area contributed by atoms with E-state index in [0.29, 0.717) is 10.7 Å². The molecule has 0 aliphatic heterocycles. The molecule has 0 radical (unpaired) electrons. The maximum Gasteiger partial charge on any atom is 0.317 e. The number of halogens is 1. The second kappa shape index (κ2) is 4.37. The highest BCUT2D eigenvalue weighted by Gasteiger charge is 2.06. The Balaban J connectivity index is 2.61. The molecule has 0 unspecified atom stereocenters. The molecular formula is C11H9ClN2O2. The van der Waals surface area contributed by atoms with Gasteiger partial charge in [-0.3, -0.25) is 9.36 Å². The van der Waals surface area contributed by atoms with Crippen molar-refractivity contribution < 1.29 is 4.74 Å². The van der Waals surface area contributed by atoms with Gasteiger partial charge in [-0.2, -0.15) is 0 Å². The van der Waals surface area contributed by atoms with E-state index in [0.717, 1.165) is 0 Å². The molecule has 0 aliphatic rings. The molecule has 16 heavy (non-hydrogen) atoms. The highest BCUT2D eigenvalue weighted by Crippen LogP contribution is 2.13. The Hall–Kier alpha value is -1.81. The van der Waals surface area contributed by atoms with Crippen LogP contribution in [0.3, 0.4) is 0 Å². The van der Waals surface area contributed by atoms with Gasteiger partial charge in [0.05, 0.1) is 12.8 Å². The minimum atomic E-state index is -0.313. The normalized spacial score (nSPS) is 10.1. The van der Waals surface area contributed by atoms with E-state index >= 15 is 0 Å². The van der Waals surface area contributed by atoms with Crippen molar-refractivity contribution in [3.63, 3.8) is 0 Å². The molecule has 0 aliphatic carbocycles. The van der Waals surface area contributed by atoms with Gasteiger partial charge < -0.3 is 4.74 Å². The zero-order valence-corrected chi connectivity index (χ0v) is 9.31. The molecule has 1 aromatic heterocycles. The number of benzene rings is 1. The fourth-order valence-corrected chi connectivity index (χ4v) is 1.55. The van der Waals surface area contributed by atoms with Crippen molar-refractivity contribution in [3.05, 3.63) is 52.0 Å². The van der Waals surface area contributed by atoms with Crippen molar-refractivity contribution in [1.82, 2.24) is 9.55 Å². The van der Waals surface area contributed by atoms with Crippen molar-refractivity contribution in [1.29, 1.82) is 0 Å². The van der Waals surface area contributed by atoms with Crippen LogP contribution in [-0.2, 0) is 0 Å². The summed E-state index contributed by atoms with van der Waals surface area (Å²) in [5.74, 6) is 0.0578. The first-order valence-electron chi connectivity index (χ1n) is 4.60. The SMILES string of the molecule is COc1nccn(-c2cccc(Cl)c2)c1=O. The van der Waals surface area contributed by atoms with Gasteiger partial charge >= 0.3 is 5.56 Å².